The Balaban J connectivity index is 1.50. The fraction of sp³-hybridized carbons (Fsp3) is 0.333. The van der Waals surface area contributed by atoms with Crippen molar-refractivity contribution >= 4 is 28.6 Å². The highest BCUT2D eigenvalue weighted by atomic mass is 16.5. The van der Waals surface area contributed by atoms with Crippen molar-refractivity contribution in [1.29, 1.82) is 0 Å². The summed E-state index contributed by atoms with van der Waals surface area (Å²) in [6, 6.07) is 14.6. The van der Waals surface area contributed by atoms with Gasteiger partial charge < -0.3 is 19.7 Å². The summed E-state index contributed by atoms with van der Waals surface area (Å²) < 4.78 is 11.1. The van der Waals surface area contributed by atoms with E-state index in [-0.39, 0.29) is 6.01 Å². The summed E-state index contributed by atoms with van der Waals surface area (Å²) >= 11 is 0. The summed E-state index contributed by atoms with van der Waals surface area (Å²) in [5.41, 5.74) is 3.93. The fourth-order valence-electron chi connectivity index (χ4n) is 3.06. The third-order valence-electron chi connectivity index (χ3n) is 4.62. The van der Waals surface area contributed by atoms with Gasteiger partial charge in [0.1, 0.15) is 6.61 Å². The van der Waals surface area contributed by atoms with Gasteiger partial charge in [-0.05, 0) is 30.0 Å². The number of anilines is 2. The highest BCUT2D eigenvalue weighted by Gasteiger charge is 2.16. The first-order chi connectivity index (χ1) is 14.8. The SMILES string of the molecule is CNCCOc1nc(C=NNc2ccc3ccccc3c2)nc(N2CCOCC2)n1. The Hall–Kier alpha value is -3.30. The number of aromatic nitrogens is 3. The van der Waals surface area contributed by atoms with Crippen molar-refractivity contribution in [2.75, 3.05) is 56.8 Å². The number of hydrazone groups is 1. The smallest absolute Gasteiger partial charge is 0.321 e. The lowest BCUT2D eigenvalue weighted by Gasteiger charge is -2.26. The first kappa shape index (κ1) is 20.0. The van der Waals surface area contributed by atoms with Crippen LogP contribution in [0.4, 0.5) is 11.6 Å². The molecule has 1 saturated heterocycles. The number of morpholine rings is 1. The maximum absolute atomic E-state index is 5.67. The highest BCUT2D eigenvalue weighted by Crippen LogP contribution is 2.19. The first-order valence-corrected chi connectivity index (χ1v) is 9.96. The highest BCUT2D eigenvalue weighted by molar-refractivity contribution is 5.86. The monoisotopic (exact) mass is 407 g/mol. The maximum Gasteiger partial charge on any atom is 0.321 e. The summed E-state index contributed by atoms with van der Waals surface area (Å²) in [6.45, 7) is 3.92. The van der Waals surface area contributed by atoms with Crippen LogP contribution >= 0.6 is 0 Å². The molecule has 0 bridgehead atoms. The molecule has 0 radical (unpaired) electrons. The molecule has 9 nitrogen and oxygen atoms in total. The molecule has 1 aliphatic rings. The van der Waals surface area contributed by atoms with E-state index >= 15 is 0 Å². The van der Waals surface area contributed by atoms with Crippen molar-refractivity contribution in [2.45, 2.75) is 0 Å². The zero-order chi connectivity index (χ0) is 20.6. The van der Waals surface area contributed by atoms with Gasteiger partial charge in [0, 0.05) is 19.6 Å². The Bertz CT molecular complexity index is 1010. The number of hydrogen-bond acceptors (Lipinski definition) is 9. The number of fused-ring (bicyclic) bond motifs is 1. The van der Waals surface area contributed by atoms with E-state index in [0.717, 1.165) is 24.2 Å². The van der Waals surface area contributed by atoms with Gasteiger partial charge in [0.15, 0.2) is 5.82 Å². The van der Waals surface area contributed by atoms with Crippen LogP contribution in [-0.4, -0.2) is 67.7 Å². The maximum atomic E-state index is 5.67. The molecule has 3 aromatic rings. The molecule has 1 fully saturated rings. The van der Waals surface area contributed by atoms with Gasteiger partial charge in [-0.2, -0.15) is 20.1 Å². The van der Waals surface area contributed by atoms with Crippen molar-refractivity contribution in [3.8, 4) is 6.01 Å². The molecule has 1 aliphatic heterocycles. The second-order valence-electron chi connectivity index (χ2n) is 6.76. The van der Waals surface area contributed by atoms with Gasteiger partial charge in [-0.3, -0.25) is 5.43 Å². The first-order valence-electron chi connectivity index (χ1n) is 9.96. The van der Waals surface area contributed by atoms with Crippen LogP contribution in [0.2, 0.25) is 0 Å². The minimum atomic E-state index is 0.286. The van der Waals surface area contributed by atoms with Crippen LogP contribution in [0, 0.1) is 0 Å². The van der Waals surface area contributed by atoms with E-state index in [4.69, 9.17) is 9.47 Å². The molecule has 0 aliphatic carbocycles. The van der Waals surface area contributed by atoms with Crippen LogP contribution < -0.4 is 20.4 Å². The normalized spacial score (nSPS) is 14.4. The third kappa shape index (κ3) is 5.19. The van der Waals surface area contributed by atoms with Crippen molar-refractivity contribution in [3.63, 3.8) is 0 Å². The van der Waals surface area contributed by atoms with Crippen LogP contribution in [0.15, 0.2) is 47.6 Å². The Labute approximate surface area is 175 Å². The van der Waals surface area contributed by atoms with E-state index < -0.39 is 0 Å². The molecular weight excluding hydrogens is 382 g/mol. The van der Waals surface area contributed by atoms with E-state index in [1.807, 2.05) is 31.3 Å². The largest absolute Gasteiger partial charge is 0.462 e. The van der Waals surface area contributed by atoms with Crippen molar-refractivity contribution in [2.24, 2.45) is 5.10 Å². The zero-order valence-electron chi connectivity index (χ0n) is 16.9. The predicted octanol–water partition coefficient (Wildman–Crippen LogP) is 1.91. The molecule has 4 rings (SSSR count). The Morgan fingerprint density at radius 2 is 1.93 bits per heavy atom. The summed E-state index contributed by atoms with van der Waals surface area (Å²) in [4.78, 5) is 15.4. The molecule has 2 N–H and O–H groups in total. The van der Waals surface area contributed by atoms with Gasteiger partial charge in [0.2, 0.25) is 5.95 Å². The van der Waals surface area contributed by atoms with Gasteiger partial charge in [0.25, 0.3) is 0 Å². The molecule has 2 heterocycles. The van der Waals surface area contributed by atoms with E-state index in [1.165, 1.54) is 5.39 Å². The quantitative estimate of drug-likeness (QED) is 0.332. The molecule has 0 saturated carbocycles. The average molecular weight is 407 g/mol. The number of rotatable bonds is 8. The van der Waals surface area contributed by atoms with E-state index in [0.29, 0.717) is 38.1 Å². The Morgan fingerprint density at radius 3 is 2.77 bits per heavy atom. The number of likely N-dealkylation sites (N-methyl/N-ethyl adjacent to an activating group) is 1. The van der Waals surface area contributed by atoms with Gasteiger partial charge in [-0.25, -0.2) is 0 Å². The number of nitrogens with one attached hydrogen (secondary N) is 2. The molecule has 0 atom stereocenters. The van der Waals surface area contributed by atoms with Crippen LogP contribution in [0.25, 0.3) is 10.8 Å². The second kappa shape index (κ2) is 9.95. The Kier molecular flexibility index (Phi) is 6.63. The number of ether oxygens (including phenoxy) is 2. The van der Waals surface area contributed by atoms with Crippen molar-refractivity contribution in [3.05, 3.63) is 48.3 Å². The molecule has 2 aromatic carbocycles. The second-order valence-corrected chi connectivity index (χ2v) is 6.76. The van der Waals surface area contributed by atoms with Gasteiger partial charge >= 0.3 is 6.01 Å². The third-order valence-corrected chi connectivity index (χ3v) is 4.62. The summed E-state index contributed by atoms with van der Waals surface area (Å²) in [7, 11) is 1.87. The molecule has 156 valence electrons. The molecular formula is C21H25N7O2. The molecule has 0 amide bonds. The zero-order valence-corrected chi connectivity index (χ0v) is 16.9. The minimum Gasteiger partial charge on any atom is -0.462 e. The lowest BCUT2D eigenvalue weighted by Crippen LogP contribution is -2.37. The van der Waals surface area contributed by atoms with Gasteiger partial charge in [0.05, 0.1) is 25.1 Å². The van der Waals surface area contributed by atoms with Crippen LogP contribution in [0.5, 0.6) is 6.01 Å². The number of nitrogens with zero attached hydrogens (tertiary/aromatic N) is 5. The van der Waals surface area contributed by atoms with Crippen LogP contribution in [0.3, 0.4) is 0 Å². The van der Waals surface area contributed by atoms with Crippen LogP contribution in [-0.2, 0) is 4.74 Å². The molecule has 9 heteroatoms. The topological polar surface area (TPSA) is 96.8 Å². The lowest BCUT2D eigenvalue weighted by atomic mass is 10.1. The predicted molar refractivity (Wildman–Crippen MR) is 117 cm³/mol. The van der Waals surface area contributed by atoms with Gasteiger partial charge in [-0.1, -0.05) is 30.3 Å². The molecule has 0 unspecified atom stereocenters. The number of hydrogen-bond donors (Lipinski definition) is 2. The van der Waals surface area contributed by atoms with Crippen molar-refractivity contribution < 1.29 is 9.47 Å². The minimum absolute atomic E-state index is 0.286. The van der Waals surface area contributed by atoms with Crippen molar-refractivity contribution in [1.82, 2.24) is 20.3 Å². The fourth-order valence-corrected chi connectivity index (χ4v) is 3.06. The van der Waals surface area contributed by atoms with E-state index in [2.05, 4.69) is 53.9 Å². The Morgan fingerprint density at radius 1 is 1.10 bits per heavy atom. The van der Waals surface area contributed by atoms with E-state index in [9.17, 15) is 0 Å². The molecule has 0 spiro atoms. The average Bonchev–Trinajstić information content (AvgIpc) is 2.80. The number of benzene rings is 2. The molecule has 1 aromatic heterocycles. The summed E-state index contributed by atoms with van der Waals surface area (Å²) in [5.74, 6) is 0.999. The standard InChI is InChI=1S/C21H25N7O2/c1-22-8-11-30-21-25-19(24-20(26-21)28-9-12-29-13-10-28)15-23-27-18-7-6-16-4-2-3-5-17(16)14-18/h2-7,14-15,22,27H,8-13H2,1H3. The summed E-state index contributed by atoms with van der Waals surface area (Å²) in [5, 5.41) is 9.67. The van der Waals surface area contributed by atoms with E-state index in [1.54, 1.807) is 6.21 Å². The van der Waals surface area contributed by atoms with Gasteiger partial charge in [-0.15, -0.1) is 0 Å². The lowest BCUT2D eigenvalue weighted by molar-refractivity contribution is 0.122. The molecule has 30 heavy (non-hydrogen) atoms. The summed E-state index contributed by atoms with van der Waals surface area (Å²) in [6.07, 6.45) is 1.58. The van der Waals surface area contributed by atoms with Crippen LogP contribution in [0.1, 0.15) is 5.82 Å².